The van der Waals surface area contributed by atoms with Gasteiger partial charge < -0.3 is 9.64 Å². The molecule has 31 heavy (non-hydrogen) atoms. The standard InChI is InChI=1S/C26H31N3O2/c1-18-16-29(25(30)31-26(2,3)4)17-22(18)24-15-23(27-28(24)5)21-13-9-12-20(14-21)19-10-7-6-8-11-19/h6-15,18,22H,16-17H2,1-5H3. The van der Waals surface area contributed by atoms with Gasteiger partial charge in [0.15, 0.2) is 0 Å². The van der Waals surface area contributed by atoms with Crippen molar-refractivity contribution in [3.05, 3.63) is 66.4 Å². The van der Waals surface area contributed by atoms with Gasteiger partial charge in [-0.15, -0.1) is 0 Å². The van der Waals surface area contributed by atoms with E-state index >= 15 is 0 Å². The zero-order valence-electron chi connectivity index (χ0n) is 19.0. The molecule has 2 aromatic carbocycles. The van der Waals surface area contributed by atoms with Crippen LogP contribution >= 0.6 is 0 Å². The number of aromatic nitrogens is 2. The summed E-state index contributed by atoms with van der Waals surface area (Å²) in [6, 6.07) is 21.0. The molecule has 1 aliphatic heterocycles. The Morgan fingerprint density at radius 1 is 0.968 bits per heavy atom. The van der Waals surface area contributed by atoms with Gasteiger partial charge in [0.1, 0.15) is 5.60 Å². The molecule has 1 aliphatic rings. The van der Waals surface area contributed by atoms with Crippen LogP contribution in [0.3, 0.4) is 0 Å². The zero-order valence-corrected chi connectivity index (χ0v) is 19.0. The SMILES string of the molecule is CC1CN(C(=O)OC(C)(C)C)CC1c1cc(-c2cccc(-c3ccccc3)c2)nn1C. The smallest absolute Gasteiger partial charge is 0.410 e. The normalized spacial score (nSPS) is 18.9. The second-order valence-electron chi connectivity index (χ2n) is 9.49. The maximum absolute atomic E-state index is 12.5. The molecule has 5 nitrogen and oxygen atoms in total. The van der Waals surface area contributed by atoms with Gasteiger partial charge in [-0.1, -0.05) is 55.5 Å². The average Bonchev–Trinajstić information content (AvgIpc) is 3.30. The van der Waals surface area contributed by atoms with Gasteiger partial charge in [-0.05, 0) is 49.9 Å². The van der Waals surface area contributed by atoms with Crippen LogP contribution in [-0.4, -0.2) is 39.5 Å². The number of nitrogens with zero attached hydrogens (tertiary/aromatic N) is 3. The lowest BCUT2D eigenvalue weighted by atomic mass is 9.94. The Morgan fingerprint density at radius 2 is 1.65 bits per heavy atom. The molecule has 5 heteroatoms. The van der Waals surface area contributed by atoms with Crippen LogP contribution in [0.2, 0.25) is 0 Å². The van der Waals surface area contributed by atoms with Gasteiger partial charge in [0.05, 0.1) is 5.69 Å². The molecule has 0 bridgehead atoms. The van der Waals surface area contributed by atoms with Crippen molar-refractivity contribution in [2.75, 3.05) is 13.1 Å². The minimum atomic E-state index is -0.484. The maximum Gasteiger partial charge on any atom is 0.410 e. The Kier molecular flexibility index (Phi) is 5.61. The largest absolute Gasteiger partial charge is 0.444 e. The molecule has 0 radical (unpaired) electrons. The number of carbonyl (C=O) groups excluding carboxylic acids is 1. The second kappa shape index (κ2) is 8.22. The summed E-state index contributed by atoms with van der Waals surface area (Å²) in [5.41, 5.74) is 5.09. The molecule has 0 spiro atoms. The highest BCUT2D eigenvalue weighted by molar-refractivity contribution is 5.72. The highest BCUT2D eigenvalue weighted by Gasteiger charge is 2.37. The summed E-state index contributed by atoms with van der Waals surface area (Å²) >= 11 is 0. The Balaban J connectivity index is 1.57. The first-order valence-corrected chi connectivity index (χ1v) is 10.9. The van der Waals surface area contributed by atoms with Crippen LogP contribution < -0.4 is 0 Å². The summed E-state index contributed by atoms with van der Waals surface area (Å²) in [4.78, 5) is 14.4. The van der Waals surface area contributed by atoms with Gasteiger partial charge in [0.2, 0.25) is 0 Å². The lowest BCUT2D eigenvalue weighted by Gasteiger charge is -2.24. The van der Waals surface area contributed by atoms with E-state index in [1.165, 1.54) is 11.1 Å². The minimum absolute atomic E-state index is 0.232. The summed E-state index contributed by atoms with van der Waals surface area (Å²) in [5.74, 6) is 0.572. The zero-order chi connectivity index (χ0) is 22.2. The number of aryl methyl sites for hydroxylation is 1. The van der Waals surface area contributed by atoms with Crippen molar-refractivity contribution >= 4 is 6.09 Å². The summed E-state index contributed by atoms with van der Waals surface area (Å²) in [6.45, 7) is 9.25. The van der Waals surface area contributed by atoms with Gasteiger partial charge >= 0.3 is 6.09 Å². The quantitative estimate of drug-likeness (QED) is 0.547. The molecule has 1 fully saturated rings. The van der Waals surface area contributed by atoms with Gasteiger partial charge in [0.25, 0.3) is 0 Å². The highest BCUT2D eigenvalue weighted by atomic mass is 16.6. The molecule has 0 saturated carbocycles. The van der Waals surface area contributed by atoms with Crippen molar-refractivity contribution in [3.63, 3.8) is 0 Å². The van der Waals surface area contributed by atoms with Crippen LogP contribution in [0.5, 0.6) is 0 Å². The first-order valence-electron chi connectivity index (χ1n) is 10.9. The fourth-order valence-electron chi connectivity index (χ4n) is 4.29. The topological polar surface area (TPSA) is 47.4 Å². The van der Waals surface area contributed by atoms with E-state index in [-0.39, 0.29) is 12.0 Å². The maximum atomic E-state index is 12.5. The van der Waals surface area contributed by atoms with Crippen molar-refractivity contribution in [1.82, 2.24) is 14.7 Å². The molecule has 1 saturated heterocycles. The second-order valence-corrected chi connectivity index (χ2v) is 9.49. The Morgan fingerprint density at radius 3 is 2.35 bits per heavy atom. The van der Waals surface area contributed by atoms with Crippen molar-refractivity contribution < 1.29 is 9.53 Å². The van der Waals surface area contributed by atoms with Gasteiger partial charge in [0, 0.05) is 37.3 Å². The monoisotopic (exact) mass is 417 g/mol. The number of benzene rings is 2. The van der Waals surface area contributed by atoms with E-state index in [0.717, 1.165) is 17.0 Å². The Bertz CT molecular complexity index is 1070. The highest BCUT2D eigenvalue weighted by Crippen LogP contribution is 2.35. The number of likely N-dealkylation sites (tertiary alicyclic amines) is 1. The molecular weight excluding hydrogens is 386 g/mol. The lowest BCUT2D eigenvalue weighted by Crippen LogP contribution is -2.35. The average molecular weight is 418 g/mol. The first-order chi connectivity index (χ1) is 14.7. The molecule has 1 amide bonds. The van der Waals surface area contributed by atoms with Crippen LogP contribution in [0, 0.1) is 5.92 Å². The van der Waals surface area contributed by atoms with Crippen molar-refractivity contribution in [2.24, 2.45) is 13.0 Å². The molecule has 3 aromatic rings. The van der Waals surface area contributed by atoms with Crippen molar-refractivity contribution in [3.8, 4) is 22.4 Å². The summed E-state index contributed by atoms with van der Waals surface area (Å²) in [6.07, 6.45) is -0.236. The van der Waals surface area contributed by atoms with E-state index in [4.69, 9.17) is 9.84 Å². The van der Waals surface area contributed by atoms with Crippen LogP contribution in [0.4, 0.5) is 4.79 Å². The van der Waals surface area contributed by atoms with Gasteiger partial charge in [-0.25, -0.2) is 4.79 Å². The summed E-state index contributed by atoms with van der Waals surface area (Å²) in [5, 5.41) is 4.81. The third-order valence-electron chi connectivity index (χ3n) is 5.83. The van der Waals surface area contributed by atoms with E-state index in [1.807, 2.05) is 43.5 Å². The van der Waals surface area contributed by atoms with Gasteiger partial charge in [-0.3, -0.25) is 4.68 Å². The predicted molar refractivity (Wildman–Crippen MR) is 124 cm³/mol. The molecule has 4 rings (SSSR count). The number of carbonyl (C=O) groups is 1. The third kappa shape index (κ3) is 4.66. The van der Waals surface area contributed by atoms with Gasteiger partial charge in [-0.2, -0.15) is 5.10 Å². The van der Waals surface area contributed by atoms with E-state index in [0.29, 0.717) is 19.0 Å². The molecule has 0 aliphatic carbocycles. The molecule has 162 valence electrons. The fourth-order valence-corrected chi connectivity index (χ4v) is 4.29. The molecule has 1 aromatic heterocycles. The predicted octanol–water partition coefficient (Wildman–Crippen LogP) is 5.72. The third-order valence-corrected chi connectivity index (χ3v) is 5.83. The lowest BCUT2D eigenvalue weighted by molar-refractivity contribution is 0.0287. The van der Waals surface area contributed by atoms with E-state index in [2.05, 4.69) is 61.5 Å². The van der Waals surface area contributed by atoms with Crippen LogP contribution in [-0.2, 0) is 11.8 Å². The molecule has 0 N–H and O–H groups in total. The molecule has 2 unspecified atom stereocenters. The number of hydrogen-bond donors (Lipinski definition) is 0. The van der Waals surface area contributed by atoms with Crippen molar-refractivity contribution in [2.45, 2.75) is 39.2 Å². The first kappa shape index (κ1) is 21.2. The van der Waals surface area contributed by atoms with E-state index in [9.17, 15) is 4.79 Å². The molecular formula is C26H31N3O2. The van der Waals surface area contributed by atoms with E-state index < -0.39 is 5.60 Å². The summed E-state index contributed by atoms with van der Waals surface area (Å²) in [7, 11) is 1.99. The number of ether oxygens (including phenoxy) is 1. The Hall–Kier alpha value is -3.08. The van der Waals surface area contributed by atoms with Crippen LogP contribution in [0.1, 0.15) is 39.3 Å². The number of hydrogen-bond acceptors (Lipinski definition) is 3. The fraction of sp³-hybridized carbons (Fsp3) is 0.385. The Labute approximate surface area is 184 Å². The van der Waals surface area contributed by atoms with Crippen molar-refractivity contribution in [1.29, 1.82) is 0 Å². The molecule has 2 heterocycles. The minimum Gasteiger partial charge on any atom is -0.444 e. The van der Waals surface area contributed by atoms with Crippen LogP contribution in [0.15, 0.2) is 60.7 Å². The summed E-state index contributed by atoms with van der Waals surface area (Å²) < 4.78 is 7.54. The van der Waals surface area contributed by atoms with E-state index in [1.54, 1.807) is 0 Å². The number of amides is 1. The molecule has 2 atom stereocenters. The number of rotatable bonds is 3. The van der Waals surface area contributed by atoms with Crippen LogP contribution in [0.25, 0.3) is 22.4 Å².